The lowest BCUT2D eigenvalue weighted by Gasteiger charge is -2.27. The molecule has 0 saturated carbocycles. The normalized spacial score (nSPS) is 14.5. The predicted octanol–water partition coefficient (Wildman–Crippen LogP) is 3.16. The van der Waals surface area contributed by atoms with Crippen molar-refractivity contribution in [3.8, 4) is 0 Å². The van der Waals surface area contributed by atoms with Crippen LogP contribution in [0.1, 0.15) is 24.8 Å². The molecule has 0 N–H and O–H groups in total. The highest BCUT2D eigenvalue weighted by Crippen LogP contribution is 2.25. The zero-order valence-electron chi connectivity index (χ0n) is 14.6. The number of carbonyl (C=O) groups excluding carboxylic acids is 1. The number of para-hydroxylation sites is 1. The second kappa shape index (κ2) is 7.12. The van der Waals surface area contributed by atoms with Crippen molar-refractivity contribution in [2.75, 3.05) is 11.4 Å². The molecule has 1 aliphatic rings. The molecular formula is C21H21N3O2. The van der Waals surface area contributed by atoms with Crippen LogP contribution in [-0.2, 0) is 17.8 Å². The van der Waals surface area contributed by atoms with E-state index in [4.69, 9.17) is 0 Å². The van der Waals surface area contributed by atoms with Crippen molar-refractivity contribution in [2.24, 2.45) is 0 Å². The van der Waals surface area contributed by atoms with Gasteiger partial charge in [0.25, 0.3) is 5.56 Å². The summed E-state index contributed by atoms with van der Waals surface area (Å²) in [5.74, 6) is -0.0933. The Morgan fingerprint density at radius 3 is 2.73 bits per heavy atom. The maximum atomic E-state index is 13.0. The van der Waals surface area contributed by atoms with Crippen molar-refractivity contribution in [1.29, 1.82) is 0 Å². The fourth-order valence-corrected chi connectivity index (χ4v) is 3.58. The lowest BCUT2D eigenvalue weighted by atomic mass is 10.0. The summed E-state index contributed by atoms with van der Waals surface area (Å²) in [6, 6.07) is 15.4. The van der Waals surface area contributed by atoms with E-state index in [-0.39, 0.29) is 18.0 Å². The molecule has 4 rings (SSSR count). The van der Waals surface area contributed by atoms with Gasteiger partial charge in [0, 0.05) is 17.6 Å². The summed E-state index contributed by atoms with van der Waals surface area (Å²) in [5.41, 5.74) is 1.93. The summed E-state index contributed by atoms with van der Waals surface area (Å²) < 4.78 is 1.27. The van der Waals surface area contributed by atoms with E-state index in [9.17, 15) is 9.59 Å². The first-order valence-corrected chi connectivity index (χ1v) is 9.07. The van der Waals surface area contributed by atoms with Crippen LogP contribution in [0.2, 0.25) is 0 Å². The fourth-order valence-electron chi connectivity index (χ4n) is 3.58. The van der Waals surface area contributed by atoms with Crippen LogP contribution in [-0.4, -0.2) is 22.2 Å². The molecule has 0 unspecified atom stereocenters. The van der Waals surface area contributed by atoms with Crippen LogP contribution in [0.3, 0.4) is 0 Å². The van der Waals surface area contributed by atoms with E-state index in [0.29, 0.717) is 11.9 Å². The van der Waals surface area contributed by atoms with Crippen molar-refractivity contribution >= 4 is 22.4 Å². The monoisotopic (exact) mass is 347 g/mol. The van der Waals surface area contributed by atoms with Crippen molar-refractivity contribution in [3.05, 3.63) is 70.6 Å². The Labute approximate surface area is 151 Å². The summed E-state index contributed by atoms with van der Waals surface area (Å²) in [7, 11) is 0. The van der Waals surface area contributed by atoms with Crippen molar-refractivity contribution in [1.82, 2.24) is 9.78 Å². The lowest BCUT2D eigenvalue weighted by molar-refractivity contribution is -0.119. The third-order valence-electron chi connectivity index (χ3n) is 4.96. The second-order valence-corrected chi connectivity index (χ2v) is 6.68. The number of aromatic nitrogens is 2. The third kappa shape index (κ3) is 3.12. The topological polar surface area (TPSA) is 55.2 Å². The molecule has 1 aliphatic heterocycles. The first-order chi connectivity index (χ1) is 12.7. The van der Waals surface area contributed by atoms with Crippen molar-refractivity contribution in [2.45, 2.75) is 32.2 Å². The Balaban J connectivity index is 1.66. The molecule has 5 heteroatoms. The molecule has 26 heavy (non-hydrogen) atoms. The van der Waals surface area contributed by atoms with Gasteiger partial charge in [-0.1, -0.05) is 42.8 Å². The molecule has 0 spiro atoms. The number of hydrogen-bond acceptors (Lipinski definition) is 3. The molecule has 0 bridgehead atoms. The van der Waals surface area contributed by atoms with Gasteiger partial charge in [-0.3, -0.25) is 9.59 Å². The highest BCUT2D eigenvalue weighted by atomic mass is 16.2. The number of anilines is 1. The van der Waals surface area contributed by atoms with E-state index in [1.165, 1.54) is 10.2 Å². The van der Waals surface area contributed by atoms with E-state index in [0.717, 1.165) is 36.8 Å². The van der Waals surface area contributed by atoms with Gasteiger partial charge in [0.2, 0.25) is 5.91 Å². The number of aryl methyl sites for hydroxylation is 1. The molecule has 5 nitrogen and oxygen atoms in total. The van der Waals surface area contributed by atoms with E-state index >= 15 is 0 Å². The first-order valence-electron chi connectivity index (χ1n) is 9.07. The molecule has 0 radical (unpaired) electrons. The molecule has 1 amide bonds. The van der Waals surface area contributed by atoms with E-state index in [1.54, 1.807) is 12.3 Å². The van der Waals surface area contributed by atoms with Crippen molar-refractivity contribution < 1.29 is 4.79 Å². The maximum Gasteiger partial charge on any atom is 0.275 e. The number of rotatable bonds is 2. The Morgan fingerprint density at radius 2 is 1.81 bits per heavy atom. The SMILES string of the molecule is O=C(Cn1ncc2ccccc2c1=O)N1CCCCCc2ccccc21. The highest BCUT2D eigenvalue weighted by Gasteiger charge is 2.21. The van der Waals surface area contributed by atoms with E-state index in [1.807, 2.05) is 41.3 Å². The Bertz CT molecular complexity index is 1010. The lowest BCUT2D eigenvalue weighted by Crippen LogP contribution is -2.39. The van der Waals surface area contributed by atoms with Crippen LogP contribution < -0.4 is 10.5 Å². The summed E-state index contributed by atoms with van der Waals surface area (Å²) >= 11 is 0. The van der Waals surface area contributed by atoms with Gasteiger partial charge in [-0.25, -0.2) is 4.68 Å². The number of benzene rings is 2. The molecule has 132 valence electrons. The number of nitrogens with zero attached hydrogens (tertiary/aromatic N) is 3. The van der Waals surface area contributed by atoms with Gasteiger partial charge >= 0.3 is 0 Å². The summed E-state index contributed by atoms with van der Waals surface area (Å²) in [6.45, 7) is 0.635. The van der Waals surface area contributed by atoms with Crippen LogP contribution in [0.5, 0.6) is 0 Å². The maximum absolute atomic E-state index is 13.0. The third-order valence-corrected chi connectivity index (χ3v) is 4.96. The van der Waals surface area contributed by atoms with Crippen LogP contribution in [0.4, 0.5) is 5.69 Å². The van der Waals surface area contributed by atoms with Crippen LogP contribution >= 0.6 is 0 Å². The minimum atomic E-state index is -0.225. The molecule has 0 fully saturated rings. The smallest absolute Gasteiger partial charge is 0.275 e. The number of hydrogen-bond donors (Lipinski definition) is 0. The number of carbonyl (C=O) groups is 1. The van der Waals surface area contributed by atoms with Crippen LogP contribution in [0.15, 0.2) is 59.5 Å². The second-order valence-electron chi connectivity index (χ2n) is 6.68. The highest BCUT2D eigenvalue weighted by molar-refractivity contribution is 5.94. The van der Waals surface area contributed by atoms with Gasteiger partial charge in [0.1, 0.15) is 6.54 Å². The molecule has 3 aromatic rings. The molecule has 0 aliphatic carbocycles. The minimum Gasteiger partial charge on any atom is -0.311 e. The molecule has 1 aromatic heterocycles. The molecule has 0 atom stereocenters. The van der Waals surface area contributed by atoms with Crippen LogP contribution in [0.25, 0.3) is 10.8 Å². The van der Waals surface area contributed by atoms with Gasteiger partial charge < -0.3 is 4.90 Å². The minimum absolute atomic E-state index is 0.0436. The first kappa shape index (κ1) is 16.5. The standard InChI is InChI=1S/C21H21N3O2/c25-20(15-24-21(26)18-11-5-3-10-17(18)14-22-24)23-13-7-1-2-8-16-9-4-6-12-19(16)23/h3-6,9-12,14H,1-2,7-8,13,15H2. The zero-order chi connectivity index (χ0) is 17.9. The van der Waals surface area contributed by atoms with E-state index in [2.05, 4.69) is 11.2 Å². The molecule has 0 saturated heterocycles. The number of fused-ring (bicyclic) bond motifs is 2. The average molecular weight is 347 g/mol. The zero-order valence-corrected chi connectivity index (χ0v) is 14.6. The number of amides is 1. The average Bonchev–Trinajstić information content (AvgIpc) is 2.65. The molecular weight excluding hydrogens is 326 g/mol. The van der Waals surface area contributed by atoms with Gasteiger partial charge in [0.15, 0.2) is 0 Å². The summed E-state index contributed by atoms with van der Waals surface area (Å²) in [5, 5.41) is 5.57. The largest absolute Gasteiger partial charge is 0.311 e. The molecule has 2 aromatic carbocycles. The molecule has 2 heterocycles. The Morgan fingerprint density at radius 1 is 1.00 bits per heavy atom. The van der Waals surface area contributed by atoms with Crippen LogP contribution in [0, 0.1) is 0 Å². The van der Waals surface area contributed by atoms with Gasteiger partial charge in [-0.15, -0.1) is 0 Å². The summed E-state index contributed by atoms with van der Waals surface area (Å²) in [6.07, 6.45) is 5.84. The Hall–Kier alpha value is -2.95. The van der Waals surface area contributed by atoms with Gasteiger partial charge in [-0.05, 0) is 37.0 Å². The predicted molar refractivity (Wildman–Crippen MR) is 102 cm³/mol. The van der Waals surface area contributed by atoms with Gasteiger partial charge in [0.05, 0.1) is 11.6 Å². The summed E-state index contributed by atoms with van der Waals surface area (Å²) in [4.78, 5) is 27.5. The Kier molecular flexibility index (Phi) is 4.52. The van der Waals surface area contributed by atoms with Gasteiger partial charge in [-0.2, -0.15) is 5.10 Å². The van der Waals surface area contributed by atoms with E-state index < -0.39 is 0 Å². The van der Waals surface area contributed by atoms with Crippen molar-refractivity contribution in [3.63, 3.8) is 0 Å². The quantitative estimate of drug-likeness (QED) is 0.715. The fraction of sp³-hybridized carbons (Fsp3) is 0.286.